The van der Waals surface area contributed by atoms with Crippen molar-refractivity contribution in [3.05, 3.63) is 46.3 Å². The number of rotatable bonds is 6. The summed E-state index contributed by atoms with van der Waals surface area (Å²) in [7, 11) is -2.42. The summed E-state index contributed by atoms with van der Waals surface area (Å²) in [6.07, 6.45) is 1.38. The van der Waals surface area contributed by atoms with Crippen LogP contribution in [0.25, 0.3) is 0 Å². The average Bonchev–Trinajstić information content (AvgIpc) is 2.98. The number of non-ortho nitro benzene ring substituents is 1. The highest BCUT2D eigenvalue weighted by atomic mass is 32.2. The van der Waals surface area contributed by atoms with Gasteiger partial charge in [-0.2, -0.15) is 0 Å². The van der Waals surface area contributed by atoms with E-state index in [0.29, 0.717) is 5.76 Å². The van der Waals surface area contributed by atoms with Gasteiger partial charge in [0.2, 0.25) is 10.0 Å². The summed E-state index contributed by atoms with van der Waals surface area (Å²) in [6, 6.07) is 5.06. The van der Waals surface area contributed by atoms with Gasteiger partial charge in [-0.25, -0.2) is 13.1 Å². The Kier molecular flexibility index (Phi) is 4.19. The van der Waals surface area contributed by atoms with E-state index >= 15 is 0 Å². The molecule has 0 saturated heterocycles. The SMILES string of the molecule is CNc1ccc([N+](=O)[O-])cc1S(=O)(=O)NCc1ccno1. The molecule has 10 heteroatoms. The number of nitrogens with zero attached hydrogens (tertiary/aromatic N) is 2. The van der Waals surface area contributed by atoms with Crippen molar-refractivity contribution in [3.63, 3.8) is 0 Å². The molecule has 0 bridgehead atoms. The predicted octanol–water partition coefficient (Wildman–Crippen LogP) is 1.10. The normalized spacial score (nSPS) is 11.3. The van der Waals surface area contributed by atoms with E-state index in [1.54, 1.807) is 0 Å². The van der Waals surface area contributed by atoms with Crippen LogP contribution in [-0.2, 0) is 16.6 Å². The van der Waals surface area contributed by atoms with Crippen LogP contribution in [0.1, 0.15) is 5.76 Å². The lowest BCUT2D eigenvalue weighted by molar-refractivity contribution is -0.385. The first-order valence-corrected chi connectivity index (χ1v) is 7.28. The monoisotopic (exact) mass is 312 g/mol. The molecule has 0 unspecified atom stereocenters. The van der Waals surface area contributed by atoms with Crippen LogP contribution in [0, 0.1) is 10.1 Å². The van der Waals surface area contributed by atoms with Gasteiger partial charge in [-0.3, -0.25) is 10.1 Å². The number of sulfonamides is 1. The molecule has 1 heterocycles. The third kappa shape index (κ3) is 3.35. The lowest BCUT2D eigenvalue weighted by Crippen LogP contribution is -2.24. The van der Waals surface area contributed by atoms with E-state index < -0.39 is 14.9 Å². The molecule has 2 rings (SSSR count). The number of hydrogen-bond donors (Lipinski definition) is 2. The van der Waals surface area contributed by atoms with Gasteiger partial charge in [0.15, 0.2) is 5.76 Å². The first-order valence-electron chi connectivity index (χ1n) is 5.79. The minimum atomic E-state index is -3.94. The van der Waals surface area contributed by atoms with Crippen LogP contribution >= 0.6 is 0 Å². The van der Waals surface area contributed by atoms with Crippen LogP contribution in [0.3, 0.4) is 0 Å². The molecule has 1 aromatic heterocycles. The summed E-state index contributed by atoms with van der Waals surface area (Å²) in [6.45, 7) is -0.103. The van der Waals surface area contributed by atoms with Gasteiger partial charge in [0.05, 0.1) is 23.4 Å². The van der Waals surface area contributed by atoms with Crippen molar-refractivity contribution in [2.45, 2.75) is 11.4 Å². The van der Waals surface area contributed by atoms with Crippen LogP contribution in [-0.4, -0.2) is 25.5 Å². The molecule has 112 valence electrons. The van der Waals surface area contributed by atoms with E-state index in [9.17, 15) is 18.5 Å². The maximum atomic E-state index is 12.2. The molecule has 2 aromatic rings. The van der Waals surface area contributed by atoms with Crippen molar-refractivity contribution < 1.29 is 17.9 Å². The molecule has 0 atom stereocenters. The number of anilines is 1. The van der Waals surface area contributed by atoms with Gasteiger partial charge in [-0.15, -0.1) is 0 Å². The minimum Gasteiger partial charge on any atom is -0.387 e. The van der Waals surface area contributed by atoms with Crippen LogP contribution in [0.4, 0.5) is 11.4 Å². The third-order valence-electron chi connectivity index (χ3n) is 2.66. The van der Waals surface area contributed by atoms with Crippen LogP contribution in [0.15, 0.2) is 39.9 Å². The predicted molar refractivity (Wildman–Crippen MR) is 73.2 cm³/mol. The molecule has 9 nitrogen and oxygen atoms in total. The van der Waals surface area contributed by atoms with Gasteiger partial charge in [0, 0.05) is 25.2 Å². The van der Waals surface area contributed by atoms with Crippen molar-refractivity contribution in [2.75, 3.05) is 12.4 Å². The highest BCUT2D eigenvalue weighted by molar-refractivity contribution is 7.89. The lowest BCUT2D eigenvalue weighted by atomic mass is 10.3. The fourth-order valence-electron chi connectivity index (χ4n) is 1.63. The number of nitrogens with one attached hydrogen (secondary N) is 2. The minimum absolute atomic E-state index is 0.103. The van der Waals surface area contributed by atoms with Crippen molar-refractivity contribution >= 4 is 21.4 Å². The number of nitro benzene ring substituents is 1. The molecule has 0 saturated carbocycles. The van der Waals surface area contributed by atoms with Gasteiger partial charge >= 0.3 is 0 Å². The Bertz CT molecular complexity index is 742. The van der Waals surface area contributed by atoms with Crippen LogP contribution < -0.4 is 10.0 Å². The number of nitro groups is 1. The molecule has 21 heavy (non-hydrogen) atoms. The molecular weight excluding hydrogens is 300 g/mol. The number of hydrogen-bond acceptors (Lipinski definition) is 7. The molecule has 1 aromatic carbocycles. The Balaban J connectivity index is 2.33. The maximum Gasteiger partial charge on any atom is 0.270 e. The molecule has 2 N–H and O–H groups in total. The molecule has 0 aliphatic carbocycles. The van der Waals surface area contributed by atoms with E-state index in [1.807, 2.05) is 0 Å². The quantitative estimate of drug-likeness (QED) is 0.604. The summed E-state index contributed by atoms with van der Waals surface area (Å²) in [5, 5.41) is 16.9. The first-order chi connectivity index (χ1) is 9.94. The van der Waals surface area contributed by atoms with E-state index in [2.05, 4.69) is 15.2 Å². The maximum absolute atomic E-state index is 12.2. The van der Waals surface area contributed by atoms with Crippen LogP contribution in [0.5, 0.6) is 0 Å². The van der Waals surface area contributed by atoms with Crippen molar-refractivity contribution in [1.29, 1.82) is 0 Å². The van der Waals surface area contributed by atoms with E-state index in [0.717, 1.165) is 6.07 Å². The van der Waals surface area contributed by atoms with Crippen LogP contribution in [0.2, 0.25) is 0 Å². The smallest absolute Gasteiger partial charge is 0.270 e. The Labute approximate surface area is 120 Å². The Morgan fingerprint density at radius 1 is 1.38 bits per heavy atom. The Morgan fingerprint density at radius 2 is 2.14 bits per heavy atom. The lowest BCUT2D eigenvalue weighted by Gasteiger charge is -2.10. The molecular formula is C11H12N4O5S. The van der Waals surface area contributed by atoms with Gasteiger partial charge < -0.3 is 9.84 Å². The molecule has 0 aliphatic heterocycles. The highest BCUT2D eigenvalue weighted by Gasteiger charge is 2.22. The first kappa shape index (κ1) is 14.9. The second-order valence-electron chi connectivity index (χ2n) is 3.99. The van der Waals surface area contributed by atoms with Gasteiger partial charge in [0.1, 0.15) is 4.90 Å². The zero-order chi connectivity index (χ0) is 15.5. The van der Waals surface area contributed by atoms with E-state index in [-0.39, 0.29) is 22.8 Å². The third-order valence-corrected chi connectivity index (χ3v) is 4.10. The largest absolute Gasteiger partial charge is 0.387 e. The molecule has 0 radical (unpaired) electrons. The zero-order valence-corrected chi connectivity index (χ0v) is 11.8. The summed E-state index contributed by atoms with van der Waals surface area (Å²) in [5.74, 6) is 0.329. The molecule has 0 aliphatic rings. The Hall–Kier alpha value is -2.46. The fourth-order valence-corrected chi connectivity index (χ4v) is 2.85. The van der Waals surface area contributed by atoms with Gasteiger partial charge in [0.25, 0.3) is 5.69 Å². The van der Waals surface area contributed by atoms with E-state index in [1.165, 1.54) is 31.4 Å². The van der Waals surface area contributed by atoms with Gasteiger partial charge in [-0.1, -0.05) is 5.16 Å². The number of aromatic nitrogens is 1. The second-order valence-corrected chi connectivity index (χ2v) is 5.73. The Morgan fingerprint density at radius 3 is 2.71 bits per heavy atom. The van der Waals surface area contributed by atoms with Crippen molar-refractivity contribution in [3.8, 4) is 0 Å². The van der Waals surface area contributed by atoms with E-state index in [4.69, 9.17) is 4.52 Å². The van der Waals surface area contributed by atoms with Crippen molar-refractivity contribution in [1.82, 2.24) is 9.88 Å². The fraction of sp³-hybridized carbons (Fsp3) is 0.182. The summed E-state index contributed by atoms with van der Waals surface area (Å²) >= 11 is 0. The topological polar surface area (TPSA) is 127 Å². The summed E-state index contributed by atoms with van der Waals surface area (Å²) in [4.78, 5) is 9.90. The standard InChI is InChI=1S/C11H12N4O5S/c1-12-10-3-2-8(15(16)17)6-11(10)21(18,19)14-7-9-4-5-13-20-9/h2-6,12,14H,7H2,1H3. The van der Waals surface area contributed by atoms with Crippen molar-refractivity contribution in [2.24, 2.45) is 0 Å². The highest BCUT2D eigenvalue weighted by Crippen LogP contribution is 2.26. The zero-order valence-electron chi connectivity index (χ0n) is 10.9. The molecule has 0 amide bonds. The summed E-state index contributed by atoms with van der Waals surface area (Å²) in [5.41, 5.74) is -0.0558. The van der Waals surface area contributed by atoms with Gasteiger partial charge in [-0.05, 0) is 6.07 Å². The second kappa shape index (κ2) is 5.89. The average molecular weight is 312 g/mol. The summed E-state index contributed by atoms with van der Waals surface area (Å²) < 4.78 is 31.6. The molecule has 0 spiro atoms. The molecule has 0 fully saturated rings. The number of benzene rings is 1.